The molecule has 0 aliphatic carbocycles. The number of carbonyl (C=O) groups is 3. The molecule has 0 radical (unpaired) electrons. The van der Waals surface area contributed by atoms with E-state index in [0.717, 1.165) is 0 Å². The molecule has 3 aromatic rings. The number of aryl methyl sites for hydroxylation is 1. The summed E-state index contributed by atoms with van der Waals surface area (Å²) >= 11 is 0. The number of anilines is 1. The minimum atomic E-state index is -1.11. The van der Waals surface area contributed by atoms with Crippen LogP contribution in [0.25, 0.3) is 10.9 Å². The van der Waals surface area contributed by atoms with Gasteiger partial charge in [0.1, 0.15) is 5.82 Å². The number of pyridine rings is 1. The molecule has 0 bridgehead atoms. The third-order valence-corrected chi connectivity index (χ3v) is 4.41. The smallest absolute Gasteiger partial charge is 0.340 e. The standard InChI is InChI=1S/C22H19FN2O4/c1-12-18(10-15-8-9-16(23)11-20(15)24-12)22(28)29-14(3)21(27)25-19-7-5-4-6-17(19)13(2)26/h4-11,14H,1-3H3,(H,25,27). The lowest BCUT2D eigenvalue weighted by atomic mass is 10.1. The molecule has 0 aliphatic heterocycles. The van der Waals surface area contributed by atoms with Crippen molar-refractivity contribution in [2.24, 2.45) is 0 Å². The molecule has 0 fully saturated rings. The highest BCUT2D eigenvalue weighted by Gasteiger charge is 2.22. The van der Waals surface area contributed by atoms with E-state index in [9.17, 15) is 18.8 Å². The van der Waals surface area contributed by atoms with Crippen LogP contribution in [-0.4, -0.2) is 28.7 Å². The number of nitrogens with one attached hydrogen (secondary N) is 1. The number of ether oxygens (including phenoxy) is 1. The zero-order chi connectivity index (χ0) is 21.1. The van der Waals surface area contributed by atoms with Crippen molar-refractivity contribution in [1.82, 2.24) is 4.98 Å². The quantitative estimate of drug-likeness (QED) is 0.521. The monoisotopic (exact) mass is 394 g/mol. The average Bonchev–Trinajstić information content (AvgIpc) is 2.67. The molecular weight excluding hydrogens is 375 g/mol. The van der Waals surface area contributed by atoms with Crippen LogP contribution in [-0.2, 0) is 9.53 Å². The predicted molar refractivity (Wildman–Crippen MR) is 106 cm³/mol. The number of aromatic nitrogens is 1. The lowest BCUT2D eigenvalue weighted by Gasteiger charge is -2.15. The largest absolute Gasteiger partial charge is 0.449 e. The van der Waals surface area contributed by atoms with Gasteiger partial charge in [-0.25, -0.2) is 9.18 Å². The highest BCUT2D eigenvalue weighted by molar-refractivity contribution is 6.05. The summed E-state index contributed by atoms with van der Waals surface area (Å²) in [6.45, 7) is 4.44. The lowest BCUT2D eigenvalue weighted by Crippen LogP contribution is -2.30. The highest BCUT2D eigenvalue weighted by Crippen LogP contribution is 2.20. The van der Waals surface area contributed by atoms with Gasteiger partial charge in [-0.3, -0.25) is 14.6 Å². The van der Waals surface area contributed by atoms with Gasteiger partial charge in [-0.15, -0.1) is 0 Å². The number of esters is 1. The van der Waals surface area contributed by atoms with Crippen molar-refractivity contribution in [2.45, 2.75) is 26.9 Å². The Labute approximate surface area is 166 Å². The maximum absolute atomic E-state index is 13.3. The van der Waals surface area contributed by atoms with Crippen LogP contribution < -0.4 is 5.32 Å². The van der Waals surface area contributed by atoms with Crippen LogP contribution in [0.2, 0.25) is 0 Å². The van der Waals surface area contributed by atoms with Crippen LogP contribution in [0.1, 0.15) is 40.3 Å². The second kappa shape index (κ2) is 8.18. The van der Waals surface area contributed by atoms with Crippen molar-refractivity contribution in [2.75, 3.05) is 5.32 Å². The first kappa shape index (κ1) is 20.1. The van der Waals surface area contributed by atoms with Crippen LogP contribution in [0.5, 0.6) is 0 Å². The Morgan fingerprint density at radius 2 is 1.79 bits per heavy atom. The molecule has 0 spiro atoms. The number of ketones is 1. The maximum atomic E-state index is 13.3. The molecule has 1 unspecified atom stereocenters. The van der Waals surface area contributed by atoms with Crippen LogP contribution in [0.3, 0.4) is 0 Å². The molecule has 1 heterocycles. The Morgan fingerprint density at radius 1 is 1.07 bits per heavy atom. The summed E-state index contributed by atoms with van der Waals surface area (Å²) in [4.78, 5) is 40.9. The van der Waals surface area contributed by atoms with Crippen molar-refractivity contribution in [3.05, 3.63) is 71.2 Å². The molecule has 0 aliphatic rings. The number of hydrogen-bond acceptors (Lipinski definition) is 5. The predicted octanol–water partition coefficient (Wildman–Crippen LogP) is 4.07. The van der Waals surface area contributed by atoms with Gasteiger partial charge < -0.3 is 10.1 Å². The summed E-state index contributed by atoms with van der Waals surface area (Å²) in [6.07, 6.45) is -1.11. The number of nitrogens with zero attached hydrogens (tertiary/aromatic N) is 1. The Morgan fingerprint density at radius 3 is 2.52 bits per heavy atom. The molecule has 148 valence electrons. The Balaban J connectivity index is 1.76. The van der Waals surface area contributed by atoms with Gasteiger partial charge in [0.05, 0.1) is 22.5 Å². The van der Waals surface area contributed by atoms with Crippen molar-refractivity contribution in [3.8, 4) is 0 Å². The highest BCUT2D eigenvalue weighted by atomic mass is 19.1. The SMILES string of the molecule is CC(=O)c1ccccc1NC(=O)C(C)OC(=O)c1cc2ccc(F)cc2nc1C. The second-order valence-electron chi connectivity index (χ2n) is 6.60. The lowest BCUT2D eigenvalue weighted by molar-refractivity contribution is -0.123. The summed E-state index contributed by atoms with van der Waals surface area (Å²) in [5.74, 6) is -1.90. The number of benzene rings is 2. The topological polar surface area (TPSA) is 85.4 Å². The van der Waals surface area contributed by atoms with Crippen LogP contribution in [0.15, 0.2) is 48.5 Å². The molecule has 1 aromatic heterocycles. The van der Waals surface area contributed by atoms with Gasteiger partial charge in [-0.1, -0.05) is 12.1 Å². The molecule has 1 N–H and O–H groups in total. The minimum absolute atomic E-state index is 0.188. The van der Waals surface area contributed by atoms with Crippen molar-refractivity contribution in [3.63, 3.8) is 0 Å². The van der Waals surface area contributed by atoms with E-state index >= 15 is 0 Å². The van der Waals surface area contributed by atoms with Gasteiger partial charge in [0.25, 0.3) is 5.91 Å². The van der Waals surface area contributed by atoms with Gasteiger partial charge >= 0.3 is 5.97 Å². The van der Waals surface area contributed by atoms with Crippen molar-refractivity contribution >= 4 is 34.3 Å². The van der Waals surface area contributed by atoms with Crippen molar-refractivity contribution in [1.29, 1.82) is 0 Å². The third kappa shape index (κ3) is 4.45. The van der Waals surface area contributed by atoms with E-state index in [2.05, 4.69) is 10.3 Å². The van der Waals surface area contributed by atoms with E-state index in [1.807, 2.05) is 0 Å². The molecule has 3 rings (SSSR count). The van der Waals surface area contributed by atoms with Crippen LogP contribution in [0, 0.1) is 12.7 Å². The van der Waals surface area contributed by atoms with Gasteiger partial charge in [0, 0.05) is 17.0 Å². The average molecular weight is 394 g/mol. The van der Waals surface area contributed by atoms with Gasteiger partial charge in [0.15, 0.2) is 11.9 Å². The summed E-state index contributed by atoms with van der Waals surface area (Å²) < 4.78 is 18.6. The molecule has 6 nitrogen and oxygen atoms in total. The van der Waals surface area contributed by atoms with E-state index in [1.165, 1.54) is 32.0 Å². The number of Topliss-reactive ketones (excluding diaryl/α,β-unsaturated/α-hetero) is 1. The first-order valence-electron chi connectivity index (χ1n) is 8.95. The van der Waals surface area contributed by atoms with Crippen molar-refractivity contribution < 1.29 is 23.5 Å². The van der Waals surface area contributed by atoms with E-state index in [0.29, 0.717) is 27.8 Å². The Kier molecular flexibility index (Phi) is 5.68. The van der Waals surface area contributed by atoms with Gasteiger partial charge in [-0.2, -0.15) is 0 Å². The first-order chi connectivity index (χ1) is 13.8. The number of halogens is 1. The molecular formula is C22H19FN2O4. The van der Waals surface area contributed by atoms with E-state index in [4.69, 9.17) is 4.74 Å². The molecule has 1 amide bonds. The molecule has 2 aromatic carbocycles. The number of rotatable bonds is 5. The zero-order valence-corrected chi connectivity index (χ0v) is 16.2. The normalized spacial score (nSPS) is 11.7. The van der Waals surface area contributed by atoms with Gasteiger partial charge in [0.2, 0.25) is 0 Å². The maximum Gasteiger partial charge on any atom is 0.340 e. The Hall–Kier alpha value is -3.61. The second-order valence-corrected chi connectivity index (χ2v) is 6.60. The van der Waals surface area contributed by atoms with E-state index < -0.39 is 23.8 Å². The van der Waals surface area contributed by atoms with E-state index in [1.54, 1.807) is 37.3 Å². The fourth-order valence-electron chi connectivity index (χ4n) is 2.85. The number of hydrogen-bond donors (Lipinski definition) is 1. The van der Waals surface area contributed by atoms with E-state index in [-0.39, 0.29) is 11.3 Å². The fourth-order valence-corrected chi connectivity index (χ4v) is 2.85. The van der Waals surface area contributed by atoms with Gasteiger partial charge in [-0.05, 0) is 51.1 Å². The molecule has 0 saturated heterocycles. The zero-order valence-electron chi connectivity index (χ0n) is 16.2. The number of fused-ring (bicyclic) bond motifs is 1. The third-order valence-electron chi connectivity index (χ3n) is 4.41. The number of para-hydroxylation sites is 1. The molecule has 29 heavy (non-hydrogen) atoms. The molecule has 7 heteroatoms. The summed E-state index contributed by atoms with van der Waals surface area (Å²) in [6, 6.07) is 12.2. The summed E-state index contributed by atoms with van der Waals surface area (Å²) in [7, 11) is 0. The fraction of sp³-hybridized carbons (Fsp3) is 0.182. The molecule has 1 atom stereocenters. The summed E-state index contributed by atoms with van der Waals surface area (Å²) in [5.41, 5.74) is 1.68. The first-order valence-corrected chi connectivity index (χ1v) is 8.95. The van der Waals surface area contributed by atoms with Crippen LogP contribution >= 0.6 is 0 Å². The number of amides is 1. The Bertz CT molecular complexity index is 1130. The summed E-state index contributed by atoms with van der Waals surface area (Å²) in [5, 5.41) is 3.18. The number of carbonyl (C=O) groups excluding carboxylic acids is 3. The minimum Gasteiger partial charge on any atom is -0.449 e. The van der Waals surface area contributed by atoms with Crippen LogP contribution in [0.4, 0.5) is 10.1 Å². The molecule has 0 saturated carbocycles.